The van der Waals surface area contributed by atoms with Crippen molar-refractivity contribution >= 4 is 58.4 Å². The lowest BCUT2D eigenvalue weighted by atomic mass is 10.1. The zero-order valence-electron chi connectivity index (χ0n) is 18.0. The van der Waals surface area contributed by atoms with Gasteiger partial charge < -0.3 is 10.2 Å². The summed E-state index contributed by atoms with van der Waals surface area (Å²) in [6.07, 6.45) is 0. The summed E-state index contributed by atoms with van der Waals surface area (Å²) in [5.74, 6) is 0.473. The van der Waals surface area contributed by atoms with Crippen LogP contribution in [0.3, 0.4) is 0 Å². The van der Waals surface area contributed by atoms with Gasteiger partial charge in [-0.25, -0.2) is 0 Å². The van der Waals surface area contributed by atoms with E-state index in [9.17, 15) is 9.59 Å². The molecule has 1 N–H and O–H groups in total. The lowest BCUT2D eigenvalue weighted by Gasteiger charge is -2.31. The minimum absolute atomic E-state index is 0.124. The van der Waals surface area contributed by atoms with Gasteiger partial charge in [-0.15, -0.1) is 11.8 Å². The van der Waals surface area contributed by atoms with Gasteiger partial charge in [-0.2, -0.15) is 0 Å². The van der Waals surface area contributed by atoms with Crippen molar-refractivity contribution in [3.63, 3.8) is 0 Å². The maximum atomic E-state index is 13.1. The quantitative estimate of drug-likeness (QED) is 0.468. The minimum atomic E-state index is -0.623. The molecule has 0 bridgehead atoms. The van der Waals surface area contributed by atoms with Gasteiger partial charge in [0.15, 0.2) is 0 Å². The predicted molar refractivity (Wildman–Crippen MR) is 132 cm³/mol. The fourth-order valence-electron chi connectivity index (χ4n) is 2.81. The number of hydrogen-bond donors (Lipinski definition) is 1. The van der Waals surface area contributed by atoms with Crippen LogP contribution in [0.5, 0.6) is 0 Å². The monoisotopic (exact) mass is 500 g/mol. The second-order valence-corrected chi connectivity index (χ2v) is 10.6. The maximum Gasteiger partial charge on any atom is 0.242 e. The molecule has 0 saturated carbocycles. The van der Waals surface area contributed by atoms with Crippen molar-refractivity contribution in [1.82, 2.24) is 10.2 Å². The first kappa shape index (κ1) is 25.9. The summed E-state index contributed by atoms with van der Waals surface area (Å²) < 4.78 is 0. The van der Waals surface area contributed by atoms with Gasteiger partial charge in [-0.05, 0) is 63.1 Å². The Morgan fingerprint density at radius 2 is 1.65 bits per heavy atom. The number of thioether (sulfide) groups is 1. The summed E-state index contributed by atoms with van der Waals surface area (Å²) in [7, 11) is 0. The highest BCUT2D eigenvalue weighted by Crippen LogP contribution is 2.25. The number of carbonyl (C=O) groups is 2. The predicted octanol–water partition coefficient (Wildman–Crippen LogP) is 6.21. The molecule has 0 radical (unpaired) electrons. The van der Waals surface area contributed by atoms with Crippen LogP contribution in [0.4, 0.5) is 0 Å². The Bertz CT molecular complexity index is 914. The summed E-state index contributed by atoms with van der Waals surface area (Å²) >= 11 is 19.6. The zero-order valence-corrected chi connectivity index (χ0v) is 21.1. The molecule has 0 saturated heterocycles. The number of nitrogens with zero attached hydrogens (tertiary/aromatic N) is 1. The molecule has 0 aliphatic rings. The zero-order chi connectivity index (χ0) is 23.2. The molecular weight excluding hydrogens is 475 g/mol. The Balaban J connectivity index is 2.10. The van der Waals surface area contributed by atoms with E-state index < -0.39 is 6.04 Å². The molecule has 1 atom stereocenters. The lowest BCUT2D eigenvalue weighted by molar-refractivity contribution is -0.139. The highest BCUT2D eigenvalue weighted by atomic mass is 35.5. The van der Waals surface area contributed by atoms with Gasteiger partial charge >= 0.3 is 0 Å². The normalized spacial score (nSPS) is 12.4. The highest BCUT2D eigenvalue weighted by Gasteiger charge is 2.28. The number of carbonyl (C=O) groups excluding carboxylic acids is 2. The average molecular weight is 502 g/mol. The van der Waals surface area contributed by atoms with E-state index in [1.54, 1.807) is 36.1 Å². The standard InChI is InChI=1S/C23H27Cl3N2O2S/c1-15(22(30)27-23(2,3)4)28(12-16-5-8-18(24)9-6-16)21(29)14-31-13-17-7-10-19(25)11-20(17)26/h5-11,15H,12-14H2,1-4H3,(H,27,30)/t15-/m0/s1. The average Bonchev–Trinajstić information content (AvgIpc) is 2.67. The van der Waals surface area contributed by atoms with Gasteiger partial charge in [0, 0.05) is 32.9 Å². The number of benzene rings is 2. The summed E-state index contributed by atoms with van der Waals surface area (Å²) in [4.78, 5) is 27.5. The van der Waals surface area contributed by atoms with E-state index in [4.69, 9.17) is 34.8 Å². The third-order valence-electron chi connectivity index (χ3n) is 4.43. The Hall–Kier alpha value is -1.40. The van der Waals surface area contributed by atoms with Crippen molar-refractivity contribution in [2.24, 2.45) is 0 Å². The molecule has 0 fully saturated rings. The summed E-state index contributed by atoms with van der Waals surface area (Å²) in [5.41, 5.74) is 1.42. The summed E-state index contributed by atoms with van der Waals surface area (Å²) in [6, 6.07) is 12.0. The molecule has 0 unspecified atom stereocenters. The molecular formula is C23H27Cl3N2O2S. The lowest BCUT2D eigenvalue weighted by Crippen LogP contribution is -2.52. The summed E-state index contributed by atoms with van der Waals surface area (Å²) in [6.45, 7) is 7.80. The second kappa shape index (κ2) is 11.5. The Morgan fingerprint density at radius 1 is 1.03 bits per heavy atom. The molecule has 4 nitrogen and oxygen atoms in total. The second-order valence-electron chi connectivity index (χ2n) is 8.29. The molecule has 0 heterocycles. The Morgan fingerprint density at radius 3 is 2.23 bits per heavy atom. The number of rotatable bonds is 8. The van der Waals surface area contributed by atoms with Crippen LogP contribution in [0, 0.1) is 0 Å². The molecule has 0 aliphatic heterocycles. The van der Waals surface area contributed by atoms with Gasteiger partial charge in [0.05, 0.1) is 5.75 Å². The van der Waals surface area contributed by atoms with E-state index in [1.165, 1.54) is 11.8 Å². The molecule has 0 aliphatic carbocycles. The van der Waals surface area contributed by atoms with Crippen molar-refractivity contribution < 1.29 is 9.59 Å². The Kier molecular flexibility index (Phi) is 9.56. The van der Waals surface area contributed by atoms with Crippen molar-refractivity contribution in [1.29, 1.82) is 0 Å². The molecule has 2 amide bonds. The van der Waals surface area contributed by atoms with E-state index in [2.05, 4.69) is 5.32 Å². The Labute approximate surface area is 203 Å². The smallest absolute Gasteiger partial charge is 0.242 e. The van der Waals surface area contributed by atoms with Crippen molar-refractivity contribution in [2.75, 3.05) is 5.75 Å². The maximum absolute atomic E-state index is 13.1. The number of halogens is 3. The molecule has 8 heteroatoms. The van der Waals surface area contributed by atoms with Gasteiger partial charge in [0.2, 0.25) is 11.8 Å². The molecule has 0 spiro atoms. The van der Waals surface area contributed by atoms with Crippen LogP contribution in [0.15, 0.2) is 42.5 Å². The number of nitrogens with one attached hydrogen (secondary N) is 1. The number of hydrogen-bond acceptors (Lipinski definition) is 3. The summed E-state index contributed by atoms with van der Waals surface area (Å²) in [5, 5.41) is 4.72. The first-order valence-electron chi connectivity index (χ1n) is 9.84. The molecule has 168 valence electrons. The first-order chi connectivity index (χ1) is 14.5. The van der Waals surface area contributed by atoms with Crippen LogP contribution >= 0.6 is 46.6 Å². The largest absolute Gasteiger partial charge is 0.350 e. The van der Waals surface area contributed by atoms with Crippen LogP contribution in [-0.2, 0) is 21.9 Å². The van der Waals surface area contributed by atoms with Crippen LogP contribution in [0.1, 0.15) is 38.8 Å². The van der Waals surface area contributed by atoms with E-state index in [1.807, 2.05) is 39.0 Å². The fourth-order valence-corrected chi connectivity index (χ4v) is 4.41. The topological polar surface area (TPSA) is 49.4 Å². The van der Waals surface area contributed by atoms with Crippen LogP contribution < -0.4 is 5.32 Å². The third-order valence-corrected chi connectivity index (χ3v) is 6.24. The van der Waals surface area contributed by atoms with Crippen LogP contribution in [0.2, 0.25) is 15.1 Å². The fraction of sp³-hybridized carbons (Fsp3) is 0.391. The molecule has 0 aromatic heterocycles. The van der Waals surface area contributed by atoms with E-state index in [0.717, 1.165) is 11.1 Å². The van der Waals surface area contributed by atoms with Crippen LogP contribution in [0.25, 0.3) is 0 Å². The van der Waals surface area contributed by atoms with Crippen molar-refractivity contribution in [2.45, 2.75) is 51.6 Å². The van der Waals surface area contributed by atoms with E-state index in [0.29, 0.717) is 27.4 Å². The highest BCUT2D eigenvalue weighted by molar-refractivity contribution is 7.99. The molecule has 2 aromatic carbocycles. The van der Waals surface area contributed by atoms with Crippen molar-refractivity contribution in [3.8, 4) is 0 Å². The van der Waals surface area contributed by atoms with Gasteiger partial charge in [0.1, 0.15) is 6.04 Å². The minimum Gasteiger partial charge on any atom is -0.350 e. The molecule has 2 rings (SSSR count). The van der Waals surface area contributed by atoms with Crippen molar-refractivity contribution in [3.05, 3.63) is 68.7 Å². The first-order valence-corrected chi connectivity index (χ1v) is 12.1. The van der Waals surface area contributed by atoms with Crippen LogP contribution in [-0.4, -0.2) is 34.0 Å². The van der Waals surface area contributed by atoms with Gasteiger partial charge in [-0.1, -0.05) is 53.0 Å². The number of amides is 2. The molecule has 31 heavy (non-hydrogen) atoms. The van der Waals surface area contributed by atoms with Gasteiger partial charge in [-0.3, -0.25) is 9.59 Å². The van der Waals surface area contributed by atoms with Gasteiger partial charge in [0.25, 0.3) is 0 Å². The van der Waals surface area contributed by atoms with E-state index >= 15 is 0 Å². The SMILES string of the molecule is C[C@@H](C(=O)NC(C)(C)C)N(Cc1ccc(Cl)cc1)C(=O)CSCc1ccc(Cl)cc1Cl. The molecule has 2 aromatic rings. The van der Waals surface area contributed by atoms with E-state index in [-0.39, 0.29) is 23.1 Å². The third kappa shape index (κ3) is 8.57.